The van der Waals surface area contributed by atoms with Crippen LogP contribution in [0.1, 0.15) is 155 Å². The summed E-state index contributed by atoms with van der Waals surface area (Å²) in [5.74, 6) is -0.722. The van der Waals surface area contributed by atoms with E-state index in [9.17, 15) is 40.5 Å². The maximum absolute atomic E-state index is 13.1. The van der Waals surface area contributed by atoms with Gasteiger partial charge in [-0.25, -0.2) is 0 Å². The second kappa shape index (κ2) is 35.7. The number of amides is 1. The normalized spacial score (nSPS) is 22.7. The van der Waals surface area contributed by atoms with Crippen molar-refractivity contribution >= 4 is 5.91 Å². The van der Waals surface area contributed by atoms with Crippen molar-refractivity contribution in [2.24, 2.45) is 0 Å². The Bertz CT molecular complexity index is 1110. The van der Waals surface area contributed by atoms with Crippen LogP contribution in [0.5, 0.6) is 0 Å². The molecule has 11 nitrogen and oxygen atoms in total. The summed E-state index contributed by atoms with van der Waals surface area (Å²) < 4.78 is 11.0. The molecule has 11 heteroatoms. The van der Waals surface area contributed by atoms with Gasteiger partial charge in [0, 0.05) is 0 Å². The number of nitrogens with one attached hydrogen (secondary N) is 1. The van der Waals surface area contributed by atoms with Crippen LogP contribution in [0.15, 0.2) is 60.8 Å². The molecule has 0 radical (unpaired) electrons. The van der Waals surface area contributed by atoms with Gasteiger partial charge >= 0.3 is 0 Å². The fraction of sp³-hybridized carbons (Fsp3) is 0.761. The highest BCUT2D eigenvalue weighted by molar-refractivity contribution is 5.80. The summed E-state index contributed by atoms with van der Waals surface area (Å²) in [6, 6.07) is -1.20. The monoisotopic (exact) mass is 808 g/mol. The zero-order valence-corrected chi connectivity index (χ0v) is 35.3. The summed E-state index contributed by atoms with van der Waals surface area (Å²) in [7, 11) is 0. The van der Waals surface area contributed by atoms with E-state index in [0.717, 1.165) is 57.8 Å². The third kappa shape index (κ3) is 25.8. The Labute approximate surface area is 344 Å². The van der Waals surface area contributed by atoms with E-state index in [1.165, 1.54) is 51.4 Å². The zero-order valence-electron chi connectivity index (χ0n) is 35.3. The molecule has 1 saturated heterocycles. The Balaban J connectivity index is 2.49. The average molecular weight is 808 g/mol. The number of carbonyl (C=O) groups is 1. The highest BCUT2D eigenvalue weighted by Gasteiger charge is 2.44. The Morgan fingerprint density at radius 2 is 1.18 bits per heavy atom. The molecule has 9 atom stereocenters. The Hall–Kier alpha value is -2.19. The van der Waals surface area contributed by atoms with Gasteiger partial charge in [0.25, 0.3) is 0 Å². The predicted octanol–water partition coefficient (Wildman–Crippen LogP) is 6.77. The van der Waals surface area contributed by atoms with E-state index in [0.29, 0.717) is 19.3 Å². The molecule has 0 aromatic heterocycles. The Morgan fingerprint density at radius 1 is 0.649 bits per heavy atom. The molecule has 1 aliphatic heterocycles. The topological polar surface area (TPSA) is 189 Å². The van der Waals surface area contributed by atoms with Crippen LogP contribution >= 0.6 is 0 Å². The number of allylic oxidation sites excluding steroid dienone is 10. The molecule has 0 spiro atoms. The van der Waals surface area contributed by atoms with Crippen molar-refractivity contribution in [1.29, 1.82) is 0 Å². The molecule has 1 rings (SSSR count). The van der Waals surface area contributed by atoms with Gasteiger partial charge in [-0.2, -0.15) is 0 Å². The molecule has 8 N–H and O–H groups in total. The number of rotatable bonds is 35. The van der Waals surface area contributed by atoms with Gasteiger partial charge in [0.05, 0.1) is 25.4 Å². The van der Waals surface area contributed by atoms with Gasteiger partial charge in [-0.1, -0.05) is 132 Å². The number of hydrogen-bond acceptors (Lipinski definition) is 10. The first kappa shape index (κ1) is 52.8. The van der Waals surface area contributed by atoms with Crippen molar-refractivity contribution in [3.05, 3.63) is 60.8 Å². The standard InChI is InChI=1S/C46H81NO10/c1-3-5-7-9-11-13-15-17-18-19-20-21-22-24-26-28-30-32-34-39(50)45(55)47-37(36-56-46-44(54)43(53)42(52)40(35-48)57-46)41(51)38(49)33-31-29-27-25-23-16-14-12-10-8-6-4-2/h4,6,11-15,17,25,27,37-44,46,48-54H,3,5,7-10,16,18-24,26,28-36H2,1-2H3,(H,47,55)/b6-4+,13-11-,14-12+,17-15-,27-25+. The van der Waals surface area contributed by atoms with Gasteiger partial charge in [-0.3, -0.25) is 4.79 Å². The van der Waals surface area contributed by atoms with Crippen LogP contribution in [0.2, 0.25) is 0 Å². The first-order valence-corrected chi connectivity index (χ1v) is 22.2. The lowest BCUT2D eigenvalue weighted by Crippen LogP contribution is -2.60. The fourth-order valence-electron chi connectivity index (χ4n) is 6.65. The average Bonchev–Trinajstić information content (AvgIpc) is 3.21. The number of hydrogen-bond donors (Lipinski definition) is 8. The molecule has 1 fully saturated rings. The Kier molecular flexibility index (Phi) is 33.1. The van der Waals surface area contributed by atoms with E-state index in [4.69, 9.17) is 9.47 Å². The van der Waals surface area contributed by atoms with Gasteiger partial charge in [-0.15, -0.1) is 0 Å². The summed E-state index contributed by atoms with van der Waals surface area (Å²) in [4.78, 5) is 13.1. The number of unbranched alkanes of at least 4 members (excludes halogenated alkanes) is 15. The minimum Gasteiger partial charge on any atom is -0.394 e. The van der Waals surface area contributed by atoms with E-state index in [1.54, 1.807) is 0 Å². The fourth-order valence-corrected chi connectivity index (χ4v) is 6.65. The highest BCUT2D eigenvalue weighted by atomic mass is 16.7. The van der Waals surface area contributed by atoms with Gasteiger partial charge in [0.15, 0.2) is 6.29 Å². The zero-order chi connectivity index (χ0) is 41.9. The lowest BCUT2D eigenvalue weighted by molar-refractivity contribution is -0.303. The summed E-state index contributed by atoms with van der Waals surface area (Å²) >= 11 is 0. The van der Waals surface area contributed by atoms with Crippen molar-refractivity contribution in [2.75, 3.05) is 13.2 Å². The van der Waals surface area contributed by atoms with Gasteiger partial charge in [0.1, 0.15) is 36.6 Å². The SMILES string of the molecule is C/C=C/CC/C=C/CC/C=C/CCCC(O)C(O)C(COC1OC(CO)C(O)C(O)C1O)NC(=O)C(O)CCCCCCCCCCC/C=C\C=C/CCCCC. The third-order valence-corrected chi connectivity index (χ3v) is 10.4. The molecular formula is C46H81NO10. The molecule has 0 aromatic rings. The third-order valence-electron chi connectivity index (χ3n) is 10.4. The predicted molar refractivity (Wildman–Crippen MR) is 228 cm³/mol. The van der Waals surface area contributed by atoms with Crippen LogP contribution in [0.4, 0.5) is 0 Å². The second-order valence-electron chi connectivity index (χ2n) is 15.4. The Morgan fingerprint density at radius 3 is 1.75 bits per heavy atom. The summed E-state index contributed by atoms with van der Waals surface area (Å²) in [5.41, 5.74) is 0. The molecule has 0 saturated carbocycles. The van der Waals surface area contributed by atoms with Gasteiger partial charge in [-0.05, 0) is 84.0 Å². The molecule has 1 amide bonds. The van der Waals surface area contributed by atoms with Crippen LogP contribution in [0, 0.1) is 0 Å². The number of aliphatic hydroxyl groups is 7. The molecule has 1 aliphatic rings. The molecule has 1 heterocycles. The summed E-state index contributed by atoms with van der Waals surface area (Å²) in [5, 5.41) is 75.5. The van der Waals surface area contributed by atoms with E-state index >= 15 is 0 Å². The maximum atomic E-state index is 13.1. The summed E-state index contributed by atoms with van der Waals surface area (Å²) in [6.45, 7) is 3.14. The molecule has 330 valence electrons. The number of ether oxygens (including phenoxy) is 2. The molecule has 0 aliphatic carbocycles. The molecular weight excluding hydrogens is 727 g/mol. The van der Waals surface area contributed by atoms with Crippen LogP contribution in [-0.2, 0) is 14.3 Å². The van der Waals surface area contributed by atoms with Crippen molar-refractivity contribution in [1.82, 2.24) is 5.32 Å². The van der Waals surface area contributed by atoms with E-state index < -0.39 is 74.2 Å². The first-order valence-electron chi connectivity index (χ1n) is 22.2. The number of aliphatic hydroxyl groups excluding tert-OH is 7. The largest absolute Gasteiger partial charge is 0.394 e. The lowest BCUT2D eigenvalue weighted by Gasteiger charge is -2.40. The van der Waals surface area contributed by atoms with E-state index in [2.05, 4.69) is 60.8 Å². The smallest absolute Gasteiger partial charge is 0.249 e. The first-order chi connectivity index (χ1) is 27.7. The van der Waals surface area contributed by atoms with Crippen molar-refractivity contribution in [2.45, 2.75) is 210 Å². The maximum Gasteiger partial charge on any atom is 0.249 e. The van der Waals surface area contributed by atoms with E-state index in [-0.39, 0.29) is 12.8 Å². The minimum absolute atomic E-state index is 0.236. The molecule has 0 aromatic carbocycles. The van der Waals surface area contributed by atoms with Crippen LogP contribution < -0.4 is 5.32 Å². The lowest BCUT2D eigenvalue weighted by atomic mass is 9.98. The highest BCUT2D eigenvalue weighted by Crippen LogP contribution is 2.23. The van der Waals surface area contributed by atoms with Crippen LogP contribution in [0.25, 0.3) is 0 Å². The quantitative estimate of drug-likeness (QED) is 0.0193. The van der Waals surface area contributed by atoms with Crippen molar-refractivity contribution in [3.63, 3.8) is 0 Å². The second-order valence-corrected chi connectivity index (χ2v) is 15.4. The van der Waals surface area contributed by atoms with E-state index in [1.807, 2.05) is 19.1 Å². The van der Waals surface area contributed by atoms with Crippen LogP contribution in [0.3, 0.4) is 0 Å². The number of carbonyl (C=O) groups excluding carboxylic acids is 1. The molecule has 57 heavy (non-hydrogen) atoms. The van der Waals surface area contributed by atoms with Crippen LogP contribution in [-0.4, -0.2) is 110 Å². The van der Waals surface area contributed by atoms with Crippen molar-refractivity contribution < 1.29 is 50.0 Å². The van der Waals surface area contributed by atoms with Gasteiger partial charge < -0.3 is 50.5 Å². The molecule has 9 unspecified atom stereocenters. The van der Waals surface area contributed by atoms with Crippen molar-refractivity contribution in [3.8, 4) is 0 Å². The summed E-state index contributed by atoms with van der Waals surface area (Å²) in [6.07, 6.45) is 31.4. The molecule has 0 bridgehead atoms. The minimum atomic E-state index is -1.67. The van der Waals surface area contributed by atoms with Gasteiger partial charge in [0.2, 0.25) is 5.91 Å².